The molecule has 2 aromatic carbocycles. The molecule has 0 amide bonds. The quantitative estimate of drug-likeness (QED) is 0.619. The topological polar surface area (TPSA) is 30.5 Å². The van der Waals surface area contributed by atoms with Gasteiger partial charge in [-0.25, -0.2) is 0 Å². The van der Waals surface area contributed by atoms with Gasteiger partial charge >= 0.3 is 0 Å². The molecule has 0 fully saturated rings. The zero-order valence-corrected chi connectivity index (χ0v) is 16.0. The number of rotatable bonds is 7. The van der Waals surface area contributed by atoms with Crippen LogP contribution < -0.4 is 14.8 Å². The Morgan fingerprint density at radius 1 is 1.29 bits per heavy atom. The number of hydrogen-bond acceptors (Lipinski definition) is 3. The van der Waals surface area contributed by atoms with Gasteiger partial charge in [0, 0.05) is 17.3 Å². The summed E-state index contributed by atoms with van der Waals surface area (Å²) in [6, 6.07) is 9.75. The van der Waals surface area contributed by atoms with E-state index in [-0.39, 0.29) is 6.61 Å². The summed E-state index contributed by atoms with van der Waals surface area (Å²) in [4.78, 5) is 0. The maximum absolute atomic E-state index is 6.16. The first-order chi connectivity index (χ1) is 11.6. The molecule has 0 aliphatic rings. The van der Waals surface area contributed by atoms with E-state index in [9.17, 15) is 0 Å². The van der Waals surface area contributed by atoms with E-state index in [2.05, 4.69) is 27.2 Å². The third kappa shape index (κ3) is 4.59. The highest BCUT2D eigenvalue weighted by Crippen LogP contribution is 2.37. The molecule has 0 aromatic heterocycles. The maximum Gasteiger partial charge on any atom is 0.176 e. The Morgan fingerprint density at radius 3 is 2.79 bits per heavy atom. The Labute approximate surface area is 156 Å². The number of benzene rings is 2. The van der Waals surface area contributed by atoms with Gasteiger partial charge in [-0.1, -0.05) is 23.6 Å². The molecular formula is C19H19BrClNO2. The Kier molecular flexibility index (Phi) is 6.84. The van der Waals surface area contributed by atoms with Crippen molar-refractivity contribution in [1.82, 2.24) is 0 Å². The van der Waals surface area contributed by atoms with Crippen LogP contribution in [0.5, 0.6) is 11.5 Å². The zero-order chi connectivity index (χ0) is 17.5. The Bertz CT molecular complexity index is 756. The van der Waals surface area contributed by atoms with Crippen molar-refractivity contribution in [3.05, 3.63) is 51.0 Å². The van der Waals surface area contributed by atoms with Gasteiger partial charge in [-0.05, 0) is 65.2 Å². The van der Waals surface area contributed by atoms with Crippen LogP contribution in [-0.2, 0) is 6.54 Å². The number of terminal acetylenes is 1. The molecule has 5 heteroatoms. The second-order valence-corrected chi connectivity index (χ2v) is 6.36. The van der Waals surface area contributed by atoms with Crippen molar-refractivity contribution in [2.75, 3.05) is 18.5 Å². The summed E-state index contributed by atoms with van der Waals surface area (Å²) in [5, 5.41) is 4.14. The molecule has 24 heavy (non-hydrogen) atoms. The Morgan fingerprint density at radius 2 is 2.08 bits per heavy atom. The highest BCUT2D eigenvalue weighted by atomic mass is 79.9. The van der Waals surface area contributed by atoms with Gasteiger partial charge in [0.25, 0.3) is 0 Å². The highest BCUT2D eigenvalue weighted by molar-refractivity contribution is 9.10. The molecule has 0 aliphatic heterocycles. The van der Waals surface area contributed by atoms with Crippen LogP contribution in [0, 0.1) is 19.3 Å². The van der Waals surface area contributed by atoms with Gasteiger partial charge in [0.2, 0.25) is 0 Å². The summed E-state index contributed by atoms with van der Waals surface area (Å²) in [6.07, 6.45) is 5.27. The highest BCUT2D eigenvalue weighted by Gasteiger charge is 2.12. The molecule has 0 radical (unpaired) electrons. The van der Waals surface area contributed by atoms with Gasteiger partial charge < -0.3 is 14.8 Å². The maximum atomic E-state index is 6.16. The van der Waals surface area contributed by atoms with Crippen molar-refractivity contribution in [3.8, 4) is 23.8 Å². The third-order valence-corrected chi connectivity index (χ3v) is 4.42. The van der Waals surface area contributed by atoms with Crippen LogP contribution in [0.3, 0.4) is 0 Å². The van der Waals surface area contributed by atoms with Crippen molar-refractivity contribution in [1.29, 1.82) is 0 Å². The molecule has 0 heterocycles. The minimum atomic E-state index is 0.192. The number of nitrogens with one attached hydrogen (secondary N) is 1. The number of hydrogen-bond donors (Lipinski definition) is 1. The van der Waals surface area contributed by atoms with E-state index < -0.39 is 0 Å². The minimum Gasteiger partial charge on any atom is -0.490 e. The first-order valence-electron chi connectivity index (χ1n) is 7.57. The molecule has 0 bridgehead atoms. The Balaban J connectivity index is 2.21. The van der Waals surface area contributed by atoms with Crippen molar-refractivity contribution >= 4 is 33.2 Å². The predicted molar refractivity (Wildman–Crippen MR) is 103 cm³/mol. The third-order valence-electron chi connectivity index (χ3n) is 3.42. The van der Waals surface area contributed by atoms with Gasteiger partial charge in [0.15, 0.2) is 11.5 Å². The summed E-state index contributed by atoms with van der Waals surface area (Å²) in [6.45, 7) is 5.29. The smallest absolute Gasteiger partial charge is 0.176 e. The van der Waals surface area contributed by atoms with Gasteiger partial charge in [0.05, 0.1) is 11.1 Å². The van der Waals surface area contributed by atoms with Crippen molar-refractivity contribution in [3.63, 3.8) is 0 Å². The molecule has 3 nitrogen and oxygen atoms in total. The summed E-state index contributed by atoms with van der Waals surface area (Å²) < 4.78 is 12.1. The lowest BCUT2D eigenvalue weighted by molar-refractivity contribution is 0.297. The van der Waals surface area contributed by atoms with Crippen LogP contribution in [0.2, 0.25) is 5.02 Å². The predicted octanol–water partition coefficient (Wildman–Crippen LogP) is 5.43. The van der Waals surface area contributed by atoms with Gasteiger partial charge in [-0.2, -0.15) is 0 Å². The second-order valence-electron chi connectivity index (χ2n) is 5.10. The fourth-order valence-electron chi connectivity index (χ4n) is 2.24. The fourth-order valence-corrected chi connectivity index (χ4v) is 3.01. The normalized spacial score (nSPS) is 10.1. The van der Waals surface area contributed by atoms with Crippen molar-refractivity contribution < 1.29 is 9.47 Å². The molecule has 0 atom stereocenters. The van der Waals surface area contributed by atoms with E-state index in [1.54, 1.807) is 0 Å². The Hall–Kier alpha value is -1.83. The lowest BCUT2D eigenvalue weighted by atomic mass is 10.1. The molecule has 0 aliphatic carbocycles. The standard InChI is InChI=1S/C19H19BrClNO2/c1-4-9-24-19-15(20)10-14(11-18(19)23-5-2)12-22-17-8-6-7-16(21)13(17)3/h1,6-8,10-11,22H,5,9,12H2,2-3H3. The van der Waals surface area contributed by atoms with Crippen LogP contribution in [0.25, 0.3) is 0 Å². The van der Waals surface area contributed by atoms with E-state index in [0.717, 1.165) is 26.3 Å². The molecule has 0 saturated heterocycles. The molecule has 0 spiro atoms. The van der Waals surface area contributed by atoms with Gasteiger partial charge in [0.1, 0.15) is 6.61 Å². The number of halogens is 2. The first kappa shape index (κ1) is 18.5. The van der Waals surface area contributed by atoms with E-state index in [0.29, 0.717) is 24.7 Å². The van der Waals surface area contributed by atoms with Crippen LogP contribution >= 0.6 is 27.5 Å². The van der Waals surface area contributed by atoms with Gasteiger partial charge in [-0.3, -0.25) is 0 Å². The molecule has 2 aromatic rings. The average molecular weight is 409 g/mol. The zero-order valence-electron chi connectivity index (χ0n) is 13.7. The largest absolute Gasteiger partial charge is 0.490 e. The minimum absolute atomic E-state index is 0.192. The lowest BCUT2D eigenvalue weighted by Gasteiger charge is -2.15. The van der Waals surface area contributed by atoms with Gasteiger partial charge in [-0.15, -0.1) is 6.42 Å². The van der Waals surface area contributed by atoms with E-state index in [1.165, 1.54) is 0 Å². The van der Waals surface area contributed by atoms with E-state index in [1.807, 2.05) is 44.2 Å². The lowest BCUT2D eigenvalue weighted by Crippen LogP contribution is -2.04. The van der Waals surface area contributed by atoms with E-state index in [4.69, 9.17) is 27.5 Å². The van der Waals surface area contributed by atoms with Crippen LogP contribution in [0.4, 0.5) is 5.69 Å². The first-order valence-corrected chi connectivity index (χ1v) is 8.74. The average Bonchev–Trinajstić information content (AvgIpc) is 2.56. The molecule has 0 saturated carbocycles. The number of ether oxygens (including phenoxy) is 2. The van der Waals surface area contributed by atoms with E-state index >= 15 is 0 Å². The second kappa shape index (κ2) is 8.86. The summed E-state index contributed by atoms with van der Waals surface area (Å²) in [7, 11) is 0. The monoisotopic (exact) mass is 407 g/mol. The van der Waals surface area contributed by atoms with Crippen LogP contribution in [0.15, 0.2) is 34.8 Å². The van der Waals surface area contributed by atoms with Crippen molar-refractivity contribution in [2.24, 2.45) is 0 Å². The number of anilines is 1. The van der Waals surface area contributed by atoms with Crippen molar-refractivity contribution in [2.45, 2.75) is 20.4 Å². The molecular weight excluding hydrogens is 390 g/mol. The summed E-state index contributed by atoms with van der Waals surface area (Å²) in [5.41, 5.74) is 3.08. The molecule has 0 unspecified atom stereocenters. The molecule has 1 N–H and O–H groups in total. The fraction of sp³-hybridized carbons (Fsp3) is 0.263. The summed E-state index contributed by atoms with van der Waals surface area (Å²) >= 11 is 9.68. The SMILES string of the molecule is C#CCOc1c(Br)cc(CNc2cccc(Cl)c2C)cc1OCC. The molecule has 126 valence electrons. The molecule has 2 rings (SSSR count). The summed E-state index contributed by atoms with van der Waals surface area (Å²) in [5.74, 6) is 3.75. The van der Waals surface area contributed by atoms with Crippen LogP contribution in [0.1, 0.15) is 18.1 Å². The van der Waals surface area contributed by atoms with Crippen LogP contribution in [-0.4, -0.2) is 13.2 Å².